The highest BCUT2D eigenvalue weighted by Crippen LogP contribution is 2.37. The molecule has 3 heterocycles. The molecule has 4 nitrogen and oxygen atoms in total. The number of nitrogens with zero attached hydrogens (tertiary/aromatic N) is 1. The molecule has 0 N–H and O–H groups in total. The molecule has 1 aromatic carbocycles. The van der Waals surface area contributed by atoms with Gasteiger partial charge in [0.1, 0.15) is 11.3 Å². The minimum atomic E-state index is -0.0173. The minimum absolute atomic E-state index is 0.0173. The molecule has 1 aliphatic heterocycles. The van der Waals surface area contributed by atoms with Gasteiger partial charge in [0.15, 0.2) is 5.76 Å². The van der Waals surface area contributed by atoms with Crippen LogP contribution in [-0.4, -0.2) is 24.5 Å². The van der Waals surface area contributed by atoms with E-state index in [2.05, 4.69) is 18.4 Å². The maximum atomic E-state index is 13.2. The molecule has 1 aliphatic rings. The summed E-state index contributed by atoms with van der Waals surface area (Å²) in [7, 11) is 1.64. The Morgan fingerprint density at radius 2 is 2.24 bits per heavy atom. The third-order valence-corrected chi connectivity index (χ3v) is 6.08. The monoisotopic (exact) mass is 355 g/mol. The maximum absolute atomic E-state index is 13.2. The highest BCUT2D eigenvalue weighted by molar-refractivity contribution is 7.10. The van der Waals surface area contributed by atoms with Gasteiger partial charge in [-0.05, 0) is 55.0 Å². The lowest BCUT2D eigenvalue weighted by atomic mass is 9.97. The van der Waals surface area contributed by atoms with Crippen LogP contribution in [0.1, 0.15) is 45.9 Å². The third kappa shape index (κ3) is 2.54. The Bertz CT molecular complexity index is 940. The average Bonchev–Trinajstić information content (AvgIpc) is 3.24. The molecule has 0 aliphatic carbocycles. The van der Waals surface area contributed by atoms with E-state index in [1.165, 1.54) is 10.4 Å². The molecule has 1 amide bonds. The van der Waals surface area contributed by atoms with E-state index in [1.54, 1.807) is 18.4 Å². The second kappa shape index (κ2) is 6.23. The second-order valence-corrected chi connectivity index (χ2v) is 7.39. The Balaban J connectivity index is 1.74. The van der Waals surface area contributed by atoms with Crippen molar-refractivity contribution in [2.24, 2.45) is 0 Å². The van der Waals surface area contributed by atoms with Crippen LogP contribution < -0.4 is 4.74 Å². The number of rotatable bonds is 3. The topological polar surface area (TPSA) is 42.7 Å². The molecule has 0 bridgehead atoms. The largest absolute Gasteiger partial charge is 0.497 e. The van der Waals surface area contributed by atoms with Crippen molar-refractivity contribution in [1.29, 1.82) is 0 Å². The van der Waals surface area contributed by atoms with Crippen molar-refractivity contribution >= 4 is 28.2 Å². The lowest BCUT2D eigenvalue weighted by Crippen LogP contribution is -2.39. The first kappa shape index (κ1) is 16.2. The Kier molecular flexibility index (Phi) is 4.04. The Morgan fingerprint density at radius 3 is 3.00 bits per heavy atom. The smallest absolute Gasteiger partial charge is 0.290 e. The number of furan rings is 1. The van der Waals surface area contributed by atoms with E-state index in [0.717, 1.165) is 41.7 Å². The first-order chi connectivity index (χ1) is 12.1. The van der Waals surface area contributed by atoms with Crippen LogP contribution in [0.3, 0.4) is 0 Å². The van der Waals surface area contributed by atoms with Crippen LogP contribution in [0, 0.1) is 6.92 Å². The van der Waals surface area contributed by atoms with Crippen LogP contribution >= 0.6 is 11.3 Å². The fourth-order valence-corrected chi connectivity index (χ4v) is 4.67. The molecular weight excluding hydrogens is 334 g/mol. The molecule has 25 heavy (non-hydrogen) atoms. The molecule has 1 unspecified atom stereocenters. The lowest BCUT2D eigenvalue weighted by Gasteiger charge is -2.35. The van der Waals surface area contributed by atoms with Gasteiger partial charge in [-0.15, -0.1) is 11.3 Å². The standard InChI is InChI=1S/C20H21NO3S/c1-4-16-14-8-10-25-18(14)7-9-21(16)20(22)19-12(2)15-11-13(23-3)5-6-17(15)24-19/h5-6,8,10-11,16H,4,7,9H2,1-3H3. The number of thiophene rings is 1. The summed E-state index contributed by atoms with van der Waals surface area (Å²) in [5.74, 6) is 1.19. The van der Waals surface area contributed by atoms with E-state index in [4.69, 9.17) is 9.15 Å². The van der Waals surface area contributed by atoms with Gasteiger partial charge in [-0.3, -0.25) is 4.79 Å². The van der Waals surface area contributed by atoms with Crippen molar-refractivity contribution in [1.82, 2.24) is 4.90 Å². The van der Waals surface area contributed by atoms with Crippen LogP contribution in [0.4, 0.5) is 0 Å². The van der Waals surface area contributed by atoms with Crippen molar-refractivity contribution in [2.75, 3.05) is 13.7 Å². The zero-order valence-electron chi connectivity index (χ0n) is 14.7. The van der Waals surface area contributed by atoms with Gasteiger partial charge in [0, 0.05) is 22.4 Å². The molecule has 2 aromatic heterocycles. The number of amides is 1. The summed E-state index contributed by atoms with van der Waals surface area (Å²) in [5.41, 5.74) is 2.90. The second-order valence-electron chi connectivity index (χ2n) is 6.39. The van der Waals surface area contributed by atoms with Gasteiger partial charge in [0.25, 0.3) is 5.91 Å². The number of methoxy groups -OCH3 is 1. The number of fused-ring (bicyclic) bond motifs is 2. The molecule has 0 spiro atoms. The van der Waals surface area contributed by atoms with Gasteiger partial charge in [-0.2, -0.15) is 0 Å². The van der Waals surface area contributed by atoms with Crippen molar-refractivity contribution in [3.05, 3.63) is 51.4 Å². The molecule has 5 heteroatoms. The zero-order chi connectivity index (χ0) is 17.6. The summed E-state index contributed by atoms with van der Waals surface area (Å²) in [5, 5.41) is 3.06. The number of hydrogen-bond donors (Lipinski definition) is 0. The van der Waals surface area contributed by atoms with Crippen molar-refractivity contribution < 1.29 is 13.9 Å². The molecule has 0 radical (unpaired) electrons. The summed E-state index contributed by atoms with van der Waals surface area (Å²) in [6, 6.07) is 7.93. The fourth-order valence-electron chi connectivity index (χ4n) is 3.74. The highest BCUT2D eigenvalue weighted by atomic mass is 32.1. The third-order valence-electron chi connectivity index (χ3n) is 5.08. The summed E-state index contributed by atoms with van der Waals surface area (Å²) < 4.78 is 11.2. The van der Waals surface area contributed by atoms with Gasteiger partial charge in [-0.1, -0.05) is 6.92 Å². The predicted molar refractivity (Wildman–Crippen MR) is 99.6 cm³/mol. The number of carbonyl (C=O) groups excluding carboxylic acids is 1. The molecule has 0 saturated heterocycles. The Labute approximate surface area is 151 Å². The molecule has 130 valence electrons. The molecule has 0 fully saturated rings. The summed E-state index contributed by atoms with van der Waals surface area (Å²) >= 11 is 1.79. The molecule has 1 atom stereocenters. The number of hydrogen-bond acceptors (Lipinski definition) is 4. The summed E-state index contributed by atoms with van der Waals surface area (Å²) in [6.45, 7) is 4.82. The lowest BCUT2D eigenvalue weighted by molar-refractivity contribution is 0.0626. The predicted octanol–water partition coefficient (Wildman–Crippen LogP) is 4.96. The first-order valence-electron chi connectivity index (χ1n) is 8.58. The molecule has 3 aromatic rings. The van der Waals surface area contributed by atoms with E-state index in [9.17, 15) is 4.79 Å². The number of benzene rings is 1. The van der Waals surface area contributed by atoms with Crippen molar-refractivity contribution in [3.63, 3.8) is 0 Å². The van der Waals surface area contributed by atoms with E-state index in [-0.39, 0.29) is 11.9 Å². The van der Waals surface area contributed by atoms with Crippen molar-refractivity contribution in [3.8, 4) is 5.75 Å². The Morgan fingerprint density at radius 1 is 1.40 bits per heavy atom. The molecule has 0 saturated carbocycles. The number of aryl methyl sites for hydroxylation is 1. The summed E-state index contributed by atoms with van der Waals surface area (Å²) in [6.07, 6.45) is 1.82. The van der Waals surface area contributed by atoms with Crippen LogP contribution in [0.5, 0.6) is 5.75 Å². The van der Waals surface area contributed by atoms with Gasteiger partial charge in [0.05, 0.1) is 13.2 Å². The SMILES string of the molecule is CCC1c2ccsc2CCN1C(=O)c1oc2ccc(OC)cc2c1C. The maximum Gasteiger partial charge on any atom is 0.290 e. The van der Waals surface area contributed by atoms with Crippen LogP contribution in [0.15, 0.2) is 34.1 Å². The van der Waals surface area contributed by atoms with Gasteiger partial charge < -0.3 is 14.1 Å². The number of ether oxygens (including phenoxy) is 1. The van der Waals surface area contributed by atoms with E-state index in [0.29, 0.717) is 5.76 Å². The first-order valence-corrected chi connectivity index (χ1v) is 9.46. The number of carbonyl (C=O) groups is 1. The van der Waals surface area contributed by atoms with Crippen LogP contribution in [-0.2, 0) is 6.42 Å². The highest BCUT2D eigenvalue weighted by Gasteiger charge is 2.33. The Hall–Kier alpha value is -2.27. The van der Waals surface area contributed by atoms with E-state index < -0.39 is 0 Å². The molecule has 4 rings (SSSR count). The van der Waals surface area contributed by atoms with Crippen LogP contribution in [0.2, 0.25) is 0 Å². The van der Waals surface area contributed by atoms with E-state index in [1.807, 2.05) is 30.0 Å². The van der Waals surface area contributed by atoms with E-state index >= 15 is 0 Å². The van der Waals surface area contributed by atoms with Gasteiger partial charge in [0.2, 0.25) is 0 Å². The van der Waals surface area contributed by atoms with Gasteiger partial charge in [-0.25, -0.2) is 0 Å². The van der Waals surface area contributed by atoms with Crippen LogP contribution in [0.25, 0.3) is 11.0 Å². The average molecular weight is 355 g/mol. The summed E-state index contributed by atoms with van der Waals surface area (Å²) in [4.78, 5) is 16.6. The quantitative estimate of drug-likeness (QED) is 0.667. The zero-order valence-corrected chi connectivity index (χ0v) is 15.5. The fraction of sp³-hybridized carbons (Fsp3) is 0.350. The normalized spacial score (nSPS) is 16.9. The molecular formula is C20H21NO3S. The van der Waals surface area contributed by atoms with Gasteiger partial charge >= 0.3 is 0 Å². The minimum Gasteiger partial charge on any atom is -0.497 e. The van der Waals surface area contributed by atoms with Crippen molar-refractivity contribution in [2.45, 2.75) is 32.7 Å².